The quantitative estimate of drug-likeness (QED) is 0.148. The number of carboxylic acids is 2. The number of methoxy groups -OCH3 is 1. The van der Waals surface area contributed by atoms with Gasteiger partial charge in [-0.15, -0.1) is 0 Å². The molecule has 0 bridgehead atoms. The number of hydroxylamine groups is 1. The average molecular weight is 543 g/mol. The van der Waals surface area contributed by atoms with Gasteiger partial charge in [0.05, 0.1) is 17.6 Å². The number of aromatic nitrogens is 2. The fourth-order valence-corrected chi connectivity index (χ4v) is 2.77. The molecule has 0 spiro atoms. The number of fused-ring (bicyclic) bond motifs is 1. The second-order valence-electron chi connectivity index (χ2n) is 6.89. The fraction of sp³-hybridized carbons (Fsp3) is 0.190. The van der Waals surface area contributed by atoms with Crippen molar-refractivity contribution in [3.8, 4) is 11.5 Å². The van der Waals surface area contributed by atoms with Gasteiger partial charge < -0.3 is 35.2 Å². The van der Waals surface area contributed by atoms with Crippen LogP contribution in [0.2, 0.25) is 5.02 Å². The molecule has 0 radical (unpaired) electrons. The van der Waals surface area contributed by atoms with E-state index in [-0.39, 0.29) is 10.8 Å². The van der Waals surface area contributed by atoms with Crippen molar-refractivity contribution in [3.63, 3.8) is 0 Å². The number of carbonyl (C=O) groups is 3. The van der Waals surface area contributed by atoms with Gasteiger partial charge in [-0.05, 0) is 24.3 Å². The van der Waals surface area contributed by atoms with E-state index in [1.54, 1.807) is 12.1 Å². The molecule has 1 aromatic heterocycles. The number of rotatable bonds is 9. The molecule has 0 aliphatic rings. The molecule has 0 saturated carbocycles. The summed E-state index contributed by atoms with van der Waals surface area (Å²) in [6, 6.07) is 7.39. The van der Waals surface area contributed by atoms with Crippen LogP contribution in [-0.4, -0.2) is 79.4 Å². The summed E-state index contributed by atoms with van der Waals surface area (Å²) in [5.41, 5.74) is 2.56. The molecule has 2 unspecified atom stereocenters. The topological polar surface area (TPSA) is 221 Å². The molecular formula is C21H20ClFN4O10. The van der Waals surface area contributed by atoms with Gasteiger partial charge in [-0.1, -0.05) is 11.6 Å². The lowest BCUT2D eigenvalue weighted by molar-refractivity contribution is -0.165. The van der Waals surface area contributed by atoms with Crippen LogP contribution >= 0.6 is 11.6 Å². The first kappa shape index (κ1) is 28.9. The molecular weight excluding hydrogens is 523 g/mol. The lowest BCUT2D eigenvalue weighted by Crippen LogP contribution is -2.39. The van der Waals surface area contributed by atoms with Gasteiger partial charge in [0.25, 0.3) is 5.91 Å². The lowest BCUT2D eigenvalue weighted by atomic mass is 10.2. The van der Waals surface area contributed by atoms with Crippen molar-refractivity contribution in [1.29, 1.82) is 0 Å². The maximum absolute atomic E-state index is 13.3. The van der Waals surface area contributed by atoms with Gasteiger partial charge in [0.1, 0.15) is 18.0 Å². The van der Waals surface area contributed by atoms with Gasteiger partial charge in [0, 0.05) is 17.1 Å². The Morgan fingerprint density at radius 1 is 1.05 bits per heavy atom. The SMILES string of the molecule is COc1cc2ncnc(Nc3ccc(F)c(Cl)c3)c2cc1OCC(=O)NO.O=C(O)C(O)C(O)C(=O)O. The second-order valence-corrected chi connectivity index (χ2v) is 7.29. The molecule has 1 heterocycles. The number of aliphatic carboxylic acids is 2. The van der Waals surface area contributed by atoms with Crippen molar-refractivity contribution >= 4 is 51.9 Å². The number of nitrogens with zero attached hydrogens (tertiary/aromatic N) is 2. The number of benzene rings is 2. The number of halogens is 2. The first-order valence-electron chi connectivity index (χ1n) is 9.90. The van der Waals surface area contributed by atoms with Crippen LogP contribution in [0.1, 0.15) is 0 Å². The van der Waals surface area contributed by atoms with Crippen LogP contribution in [0.4, 0.5) is 15.9 Å². The van der Waals surface area contributed by atoms with Crippen LogP contribution in [0.15, 0.2) is 36.7 Å². The molecule has 1 amide bonds. The fourth-order valence-electron chi connectivity index (χ4n) is 2.59. The zero-order chi connectivity index (χ0) is 27.7. The molecule has 2 atom stereocenters. The van der Waals surface area contributed by atoms with Crippen LogP contribution in [-0.2, 0) is 14.4 Å². The second kappa shape index (κ2) is 13.1. The maximum atomic E-state index is 13.3. The largest absolute Gasteiger partial charge is 0.493 e. The Morgan fingerprint density at radius 3 is 2.24 bits per heavy atom. The number of aliphatic hydroxyl groups excluding tert-OH is 2. The number of hydrogen-bond acceptors (Lipinski definition) is 11. The Morgan fingerprint density at radius 2 is 1.70 bits per heavy atom. The minimum absolute atomic E-state index is 0.0286. The van der Waals surface area contributed by atoms with Gasteiger partial charge in [-0.25, -0.2) is 29.4 Å². The predicted octanol–water partition coefficient (Wildman–Crippen LogP) is 0.936. The highest BCUT2D eigenvalue weighted by atomic mass is 35.5. The third kappa shape index (κ3) is 7.84. The molecule has 3 rings (SSSR count). The van der Waals surface area contributed by atoms with Crippen LogP contribution in [0.3, 0.4) is 0 Å². The standard InChI is InChI=1S/C17H14ClFN4O4.C4H6O6/c1-26-14-6-13-10(5-15(14)27-7-16(24)23-25)17(21-8-20-13)22-9-2-3-12(19)11(18)4-9;5-1(3(7)8)2(6)4(9)10/h2-6,8,25H,7H2,1H3,(H,23,24)(H,20,21,22);1-2,5-6H,(H,7,8)(H,9,10). The number of ether oxygens (including phenoxy) is 2. The predicted molar refractivity (Wildman–Crippen MR) is 123 cm³/mol. The van der Waals surface area contributed by atoms with E-state index in [4.69, 9.17) is 46.7 Å². The smallest absolute Gasteiger partial charge is 0.335 e. The lowest BCUT2D eigenvalue weighted by Gasteiger charge is -2.13. The van der Waals surface area contributed by atoms with Crippen molar-refractivity contribution < 1.29 is 53.9 Å². The number of carbonyl (C=O) groups excluding carboxylic acids is 1. The van der Waals surface area contributed by atoms with E-state index in [1.165, 1.54) is 37.1 Å². The summed E-state index contributed by atoms with van der Waals surface area (Å²) < 4.78 is 24.0. The first-order chi connectivity index (χ1) is 17.5. The Bertz CT molecular complexity index is 1280. The van der Waals surface area contributed by atoms with Crippen LogP contribution in [0.25, 0.3) is 10.9 Å². The van der Waals surface area contributed by atoms with Gasteiger partial charge in [0.15, 0.2) is 30.3 Å². The molecule has 7 N–H and O–H groups in total. The molecule has 14 nitrogen and oxygen atoms in total. The number of aliphatic hydroxyl groups is 2. The summed E-state index contributed by atoms with van der Waals surface area (Å²) in [6.07, 6.45) is -3.18. The Balaban J connectivity index is 0.000000410. The van der Waals surface area contributed by atoms with E-state index in [2.05, 4.69) is 15.3 Å². The van der Waals surface area contributed by atoms with Gasteiger partial charge in [-0.3, -0.25) is 10.0 Å². The number of nitrogens with one attached hydrogen (secondary N) is 2. The zero-order valence-corrected chi connectivity index (χ0v) is 19.5. The summed E-state index contributed by atoms with van der Waals surface area (Å²) in [5.74, 6) is -3.77. The van der Waals surface area contributed by atoms with Crippen molar-refractivity contribution in [3.05, 3.63) is 47.5 Å². The van der Waals surface area contributed by atoms with Gasteiger partial charge in [0.2, 0.25) is 0 Å². The number of amides is 1. The zero-order valence-electron chi connectivity index (χ0n) is 18.8. The number of hydrogen-bond donors (Lipinski definition) is 7. The first-order valence-corrected chi connectivity index (χ1v) is 10.3. The molecule has 0 aliphatic carbocycles. The van der Waals surface area contributed by atoms with E-state index < -0.39 is 42.5 Å². The third-order valence-corrected chi connectivity index (χ3v) is 4.68. The average Bonchev–Trinajstić information content (AvgIpc) is 2.88. The summed E-state index contributed by atoms with van der Waals surface area (Å²) in [4.78, 5) is 39.1. The van der Waals surface area contributed by atoms with Crippen LogP contribution in [0.5, 0.6) is 11.5 Å². The van der Waals surface area contributed by atoms with Crippen molar-refractivity contribution in [1.82, 2.24) is 15.4 Å². The summed E-state index contributed by atoms with van der Waals surface area (Å²) in [5, 5.41) is 44.7. The van der Waals surface area contributed by atoms with Crippen LogP contribution < -0.4 is 20.3 Å². The number of anilines is 2. The van der Waals surface area contributed by atoms with Gasteiger partial charge in [-0.2, -0.15) is 0 Å². The van der Waals surface area contributed by atoms with Crippen molar-refractivity contribution in [2.45, 2.75) is 12.2 Å². The molecule has 0 saturated heterocycles. The highest BCUT2D eigenvalue weighted by Gasteiger charge is 2.29. The molecule has 2 aromatic carbocycles. The Labute approximate surface area is 211 Å². The molecule has 0 fully saturated rings. The summed E-state index contributed by atoms with van der Waals surface area (Å²) in [7, 11) is 1.45. The molecule has 3 aromatic rings. The van der Waals surface area contributed by atoms with E-state index in [1.807, 2.05) is 0 Å². The minimum Gasteiger partial charge on any atom is -0.493 e. The van der Waals surface area contributed by atoms with Crippen molar-refractivity contribution in [2.75, 3.05) is 19.0 Å². The molecule has 198 valence electrons. The summed E-state index contributed by atoms with van der Waals surface area (Å²) >= 11 is 5.81. The van der Waals surface area contributed by atoms with Crippen molar-refractivity contribution in [2.24, 2.45) is 0 Å². The highest BCUT2D eigenvalue weighted by Crippen LogP contribution is 2.35. The van der Waals surface area contributed by atoms with Crippen LogP contribution in [0, 0.1) is 5.82 Å². The minimum atomic E-state index is -2.27. The van der Waals surface area contributed by atoms with E-state index >= 15 is 0 Å². The molecule has 16 heteroatoms. The third-order valence-electron chi connectivity index (χ3n) is 4.39. The normalized spacial score (nSPS) is 11.9. The van der Waals surface area contributed by atoms with E-state index in [9.17, 15) is 18.8 Å². The Hall–Kier alpha value is -4.31. The van der Waals surface area contributed by atoms with Gasteiger partial charge >= 0.3 is 11.9 Å². The molecule has 0 aliphatic heterocycles. The maximum Gasteiger partial charge on any atom is 0.335 e. The van der Waals surface area contributed by atoms with E-state index in [0.29, 0.717) is 28.2 Å². The molecule has 37 heavy (non-hydrogen) atoms. The highest BCUT2D eigenvalue weighted by molar-refractivity contribution is 6.31. The number of carboxylic acid groups (broad SMARTS) is 2. The Kier molecular flexibility index (Phi) is 10.3. The van der Waals surface area contributed by atoms with E-state index in [0.717, 1.165) is 0 Å². The monoisotopic (exact) mass is 542 g/mol. The summed E-state index contributed by atoms with van der Waals surface area (Å²) in [6.45, 7) is -0.414.